The molecule has 0 unspecified atom stereocenters. The van der Waals surface area contributed by atoms with Gasteiger partial charge < -0.3 is 15.0 Å². The van der Waals surface area contributed by atoms with Crippen LogP contribution in [0.2, 0.25) is 0 Å². The predicted octanol–water partition coefficient (Wildman–Crippen LogP) is 2.49. The summed E-state index contributed by atoms with van der Waals surface area (Å²) in [6.45, 7) is 6.97. The highest BCUT2D eigenvalue weighted by atomic mass is 16.5. The van der Waals surface area contributed by atoms with E-state index in [1.54, 1.807) is 0 Å². The second-order valence-electron chi connectivity index (χ2n) is 6.16. The van der Waals surface area contributed by atoms with Gasteiger partial charge in [0.25, 0.3) is 0 Å². The van der Waals surface area contributed by atoms with E-state index in [1.165, 1.54) is 5.56 Å². The molecule has 0 bridgehead atoms. The Hall–Kier alpha value is -2.08. The van der Waals surface area contributed by atoms with E-state index in [9.17, 15) is 4.79 Å². The van der Waals surface area contributed by atoms with Crippen molar-refractivity contribution in [1.82, 2.24) is 10.1 Å². The summed E-state index contributed by atoms with van der Waals surface area (Å²) < 4.78 is 10.4. The minimum atomic E-state index is -0.0541. The van der Waals surface area contributed by atoms with Crippen LogP contribution in [0.5, 0.6) is 0 Å². The Balaban J connectivity index is 1.64. The van der Waals surface area contributed by atoms with Gasteiger partial charge in [-0.15, -0.1) is 0 Å². The summed E-state index contributed by atoms with van der Waals surface area (Å²) in [4.78, 5) is 14.1. The van der Waals surface area contributed by atoms with Gasteiger partial charge in [0, 0.05) is 6.54 Å². The number of anilines is 1. The Labute approximate surface area is 135 Å². The van der Waals surface area contributed by atoms with Crippen molar-refractivity contribution in [3.63, 3.8) is 0 Å². The Kier molecular flexibility index (Phi) is 4.52. The molecule has 1 aromatic carbocycles. The fourth-order valence-corrected chi connectivity index (χ4v) is 3.31. The molecule has 0 radical (unpaired) electrons. The summed E-state index contributed by atoms with van der Waals surface area (Å²) in [6, 6.07) is 4.14. The number of aromatic nitrogens is 1. The lowest BCUT2D eigenvalue weighted by atomic mass is 9.96. The summed E-state index contributed by atoms with van der Waals surface area (Å²) in [5.74, 6) is 0.435. The number of hydrogen-bond acceptors (Lipinski definition) is 6. The third-order valence-corrected chi connectivity index (χ3v) is 4.47. The van der Waals surface area contributed by atoms with E-state index in [4.69, 9.17) is 15.0 Å². The van der Waals surface area contributed by atoms with Gasteiger partial charge in [0.15, 0.2) is 11.4 Å². The van der Waals surface area contributed by atoms with Crippen molar-refractivity contribution in [3.8, 4) is 0 Å². The smallest absolute Gasteiger partial charge is 0.309 e. The molecule has 0 spiro atoms. The van der Waals surface area contributed by atoms with E-state index in [0.29, 0.717) is 12.4 Å². The largest absolute Gasteiger partial charge is 0.466 e. The van der Waals surface area contributed by atoms with Gasteiger partial charge in [0.05, 0.1) is 17.9 Å². The SMILES string of the molecule is CCOC(=O)C1CCN(Cc2cc(C)c3c(N)noc3c2)CC1. The number of piperidine rings is 1. The van der Waals surface area contributed by atoms with Crippen LogP contribution in [0.1, 0.15) is 30.9 Å². The van der Waals surface area contributed by atoms with Crippen molar-refractivity contribution in [3.05, 3.63) is 23.3 Å². The van der Waals surface area contributed by atoms with Crippen molar-refractivity contribution in [1.29, 1.82) is 0 Å². The van der Waals surface area contributed by atoms with Crippen molar-refractivity contribution in [2.24, 2.45) is 5.92 Å². The number of nitrogen functional groups attached to an aromatic ring is 1. The number of fused-ring (bicyclic) bond motifs is 1. The number of ether oxygens (including phenoxy) is 1. The zero-order valence-electron chi connectivity index (χ0n) is 13.7. The van der Waals surface area contributed by atoms with Crippen LogP contribution in [0.15, 0.2) is 16.7 Å². The van der Waals surface area contributed by atoms with Crippen LogP contribution in [0.4, 0.5) is 5.82 Å². The number of carbonyl (C=O) groups is 1. The molecule has 1 aliphatic rings. The molecule has 6 heteroatoms. The van der Waals surface area contributed by atoms with Crippen molar-refractivity contribution < 1.29 is 14.1 Å². The Morgan fingerprint density at radius 3 is 2.87 bits per heavy atom. The number of likely N-dealkylation sites (tertiary alicyclic amines) is 1. The van der Waals surface area contributed by atoms with Gasteiger partial charge in [-0.3, -0.25) is 9.69 Å². The Morgan fingerprint density at radius 1 is 1.43 bits per heavy atom. The lowest BCUT2D eigenvalue weighted by Gasteiger charge is -2.30. The van der Waals surface area contributed by atoms with Crippen LogP contribution in [0.3, 0.4) is 0 Å². The van der Waals surface area contributed by atoms with E-state index >= 15 is 0 Å². The highest BCUT2D eigenvalue weighted by molar-refractivity contribution is 5.90. The van der Waals surface area contributed by atoms with Crippen LogP contribution >= 0.6 is 0 Å². The van der Waals surface area contributed by atoms with Crippen LogP contribution in [0.25, 0.3) is 11.0 Å². The topological polar surface area (TPSA) is 81.6 Å². The van der Waals surface area contributed by atoms with Gasteiger partial charge in [-0.25, -0.2) is 0 Å². The summed E-state index contributed by atoms with van der Waals surface area (Å²) >= 11 is 0. The van der Waals surface area contributed by atoms with Crippen molar-refractivity contribution in [2.45, 2.75) is 33.2 Å². The van der Waals surface area contributed by atoms with Gasteiger partial charge in [-0.1, -0.05) is 11.2 Å². The highest BCUT2D eigenvalue weighted by Crippen LogP contribution is 2.27. The Morgan fingerprint density at radius 2 is 2.17 bits per heavy atom. The number of carbonyl (C=O) groups excluding carboxylic acids is 1. The van der Waals surface area contributed by atoms with Gasteiger partial charge in [-0.05, 0) is 57.0 Å². The number of nitrogens with zero attached hydrogens (tertiary/aromatic N) is 2. The molecule has 2 aromatic rings. The van der Waals surface area contributed by atoms with E-state index in [1.807, 2.05) is 19.9 Å². The monoisotopic (exact) mass is 317 g/mol. The molecule has 1 aromatic heterocycles. The number of aryl methyl sites for hydroxylation is 1. The zero-order chi connectivity index (χ0) is 16.4. The summed E-state index contributed by atoms with van der Waals surface area (Å²) in [7, 11) is 0. The third-order valence-electron chi connectivity index (χ3n) is 4.47. The molecular formula is C17H23N3O3. The molecule has 124 valence electrons. The number of nitrogens with two attached hydrogens (primary N) is 1. The molecule has 0 amide bonds. The average Bonchev–Trinajstić information content (AvgIpc) is 2.90. The maximum atomic E-state index is 11.8. The number of rotatable bonds is 4. The predicted molar refractivity (Wildman–Crippen MR) is 87.8 cm³/mol. The minimum absolute atomic E-state index is 0.0458. The normalized spacial score (nSPS) is 16.8. The standard InChI is InChI=1S/C17H23N3O3/c1-3-22-17(21)13-4-6-20(7-5-13)10-12-8-11(2)15-14(9-12)23-19-16(15)18/h8-9,13H,3-7,10H2,1-2H3,(H2,18,19). The fraction of sp³-hybridized carbons (Fsp3) is 0.529. The molecule has 0 aliphatic carbocycles. The molecule has 6 nitrogen and oxygen atoms in total. The molecule has 23 heavy (non-hydrogen) atoms. The second kappa shape index (κ2) is 6.58. The van der Waals surface area contributed by atoms with E-state index in [0.717, 1.165) is 49.0 Å². The van der Waals surface area contributed by atoms with E-state index < -0.39 is 0 Å². The highest BCUT2D eigenvalue weighted by Gasteiger charge is 2.26. The molecule has 0 saturated carbocycles. The second-order valence-corrected chi connectivity index (χ2v) is 6.16. The first-order valence-electron chi connectivity index (χ1n) is 8.12. The van der Waals surface area contributed by atoms with Crippen LogP contribution in [-0.2, 0) is 16.1 Å². The van der Waals surface area contributed by atoms with Gasteiger partial charge in [-0.2, -0.15) is 0 Å². The Bertz CT molecular complexity index is 702. The number of esters is 1. The van der Waals surface area contributed by atoms with Crippen molar-refractivity contribution >= 4 is 22.8 Å². The first-order valence-corrected chi connectivity index (χ1v) is 8.12. The average molecular weight is 317 g/mol. The molecule has 1 aliphatic heterocycles. The molecule has 2 heterocycles. The zero-order valence-corrected chi connectivity index (χ0v) is 13.7. The molecule has 2 N–H and O–H groups in total. The minimum Gasteiger partial charge on any atom is -0.466 e. The number of benzene rings is 1. The lowest BCUT2D eigenvalue weighted by Crippen LogP contribution is -2.36. The first kappa shape index (κ1) is 15.8. The number of hydrogen-bond donors (Lipinski definition) is 1. The molecule has 1 saturated heterocycles. The quantitative estimate of drug-likeness (QED) is 0.873. The summed E-state index contributed by atoms with van der Waals surface area (Å²) in [5, 5.41) is 4.73. The van der Waals surface area contributed by atoms with Crippen LogP contribution in [-0.4, -0.2) is 35.7 Å². The van der Waals surface area contributed by atoms with Gasteiger partial charge >= 0.3 is 5.97 Å². The maximum Gasteiger partial charge on any atom is 0.309 e. The first-order chi connectivity index (χ1) is 11.1. The van der Waals surface area contributed by atoms with Crippen molar-refractivity contribution in [2.75, 3.05) is 25.4 Å². The summed E-state index contributed by atoms with van der Waals surface area (Å²) in [5.41, 5.74) is 8.82. The van der Waals surface area contributed by atoms with E-state index in [-0.39, 0.29) is 11.9 Å². The fourth-order valence-electron chi connectivity index (χ4n) is 3.31. The van der Waals surface area contributed by atoms with Gasteiger partial charge in [0.1, 0.15) is 0 Å². The lowest BCUT2D eigenvalue weighted by molar-refractivity contribution is -0.149. The third kappa shape index (κ3) is 3.32. The van der Waals surface area contributed by atoms with Gasteiger partial charge in [0.2, 0.25) is 0 Å². The van der Waals surface area contributed by atoms with Crippen LogP contribution < -0.4 is 5.73 Å². The van der Waals surface area contributed by atoms with Crippen LogP contribution in [0, 0.1) is 12.8 Å². The molecule has 0 atom stereocenters. The summed E-state index contributed by atoms with van der Waals surface area (Å²) in [6.07, 6.45) is 1.71. The molecule has 3 rings (SSSR count). The molecule has 1 fully saturated rings. The van der Waals surface area contributed by atoms with E-state index in [2.05, 4.69) is 16.1 Å². The molecular weight excluding hydrogens is 294 g/mol. The maximum absolute atomic E-state index is 11.8.